The van der Waals surface area contributed by atoms with Crippen LogP contribution in [0.3, 0.4) is 0 Å². The van der Waals surface area contributed by atoms with E-state index in [4.69, 9.17) is 22.3 Å². The Morgan fingerprint density at radius 3 is 2.70 bits per heavy atom. The van der Waals surface area contributed by atoms with Gasteiger partial charge in [0.1, 0.15) is 11.6 Å². The molecule has 3 heterocycles. The van der Waals surface area contributed by atoms with E-state index in [-0.39, 0.29) is 12.0 Å². The minimum atomic E-state index is -2.23. The summed E-state index contributed by atoms with van der Waals surface area (Å²) >= 11 is 3.99. The largest absolute Gasteiger partial charge is 0.760 e. The van der Waals surface area contributed by atoms with Crippen LogP contribution in [-0.4, -0.2) is 48.3 Å². The fourth-order valence-corrected chi connectivity index (χ4v) is 4.65. The number of nitrogens with zero attached hydrogens (tertiary/aromatic N) is 5. The maximum absolute atomic E-state index is 10.8. The van der Waals surface area contributed by atoms with Crippen molar-refractivity contribution in [1.82, 2.24) is 24.7 Å². The van der Waals surface area contributed by atoms with Crippen LogP contribution in [0.4, 0.5) is 17.7 Å². The first-order valence-electron chi connectivity index (χ1n) is 10.7. The average Bonchev–Trinajstić information content (AvgIpc) is 2.76. The minimum absolute atomic E-state index is 0.163. The molecule has 10 nitrogen and oxygen atoms in total. The number of hydrogen-bond acceptors (Lipinski definition) is 9. The molecule has 4 rings (SSSR count). The van der Waals surface area contributed by atoms with Crippen molar-refractivity contribution in [2.45, 2.75) is 32.7 Å². The Kier molecular flexibility index (Phi) is 7.23. The summed E-state index contributed by atoms with van der Waals surface area (Å²) in [6.07, 6.45) is 1.74. The zero-order chi connectivity index (χ0) is 23.5. The number of hydrogen-bond donors (Lipinski definition) is 3. The van der Waals surface area contributed by atoms with Crippen molar-refractivity contribution in [3.63, 3.8) is 0 Å². The van der Waals surface area contributed by atoms with Gasteiger partial charge in [-0.05, 0) is 56.9 Å². The third-order valence-electron chi connectivity index (χ3n) is 5.77. The van der Waals surface area contributed by atoms with Gasteiger partial charge in [-0.2, -0.15) is 15.0 Å². The molecule has 2 atom stereocenters. The number of rotatable bonds is 7. The van der Waals surface area contributed by atoms with Gasteiger partial charge < -0.3 is 20.5 Å². The van der Waals surface area contributed by atoms with Crippen molar-refractivity contribution in [3.05, 3.63) is 40.7 Å². The van der Waals surface area contributed by atoms with Crippen LogP contribution in [0.15, 0.2) is 24.3 Å². The number of fused-ring (bicyclic) bond motifs is 1. The summed E-state index contributed by atoms with van der Waals surface area (Å²) in [6.45, 7) is 5.80. The molecule has 1 aliphatic heterocycles. The standard InChI is InChI=1S/C21H27ClN8O2S/c1-12(25-21-27-13(2)26-20(23)29-21)17-10-15-9-16(22)3-4-18(15)28-19(17)30-7-5-14(6-8-30)11-24-33(31)32/h3-4,9-10,12,14,24H,5-8,11H2,1-2H3,(H,31,32)(H3,23,25,26,27,29)/p-1. The maximum atomic E-state index is 10.8. The Bertz CT molecular complexity index is 1150. The zero-order valence-corrected chi connectivity index (χ0v) is 20.0. The molecule has 4 N–H and O–H groups in total. The van der Waals surface area contributed by atoms with Crippen LogP contribution in [0.5, 0.6) is 0 Å². The number of benzene rings is 1. The molecule has 2 unspecified atom stereocenters. The van der Waals surface area contributed by atoms with Crippen molar-refractivity contribution in [3.8, 4) is 0 Å². The molecule has 0 saturated carbocycles. The van der Waals surface area contributed by atoms with Gasteiger partial charge in [-0.1, -0.05) is 11.6 Å². The number of nitrogens with one attached hydrogen (secondary N) is 2. The lowest BCUT2D eigenvalue weighted by molar-refractivity contribution is 0.397. The van der Waals surface area contributed by atoms with Gasteiger partial charge in [-0.3, -0.25) is 4.21 Å². The number of halogens is 1. The topological polar surface area (TPSA) is 145 Å². The molecule has 3 aromatic rings. The number of aromatic nitrogens is 4. The fourth-order valence-electron chi connectivity index (χ4n) is 4.10. The highest BCUT2D eigenvalue weighted by molar-refractivity contribution is 7.77. The van der Waals surface area contributed by atoms with Crippen molar-refractivity contribution in [1.29, 1.82) is 0 Å². The van der Waals surface area contributed by atoms with Gasteiger partial charge in [-0.15, -0.1) is 0 Å². The number of aryl methyl sites for hydroxylation is 1. The summed E-state index contributed by atoms with van der Waals surface area (Å²) in [5, 5.41) is 4.91. The first-order valence-corrected chi connectivity index (χ1v) is 12.2. The Labute approximate surface area is 199 Å². The number of anilines is 3. The molecular formula is C21H26ClN8O2S-. The van der Waals surface area contributed by atoms with Crippen LogP contribution in [0.1, 0.15) is 37.2 Å². The van der Waals surface area contributed by atoms with E-state index in [9.17, 15) is 8.76 Å². The molecular weight excluding hydrogens is 464 g/mol. The van der Waals surface area contributed by atoms with E-state index in [1.54, 1.807) is 6.92 Å². The van der Waals surface area contributed by atoms with E-state index in [1.165, 1.54) is 0 Å². The fraction of sp³-hybridized carbons (Fsp3) is 0.429. The van der Waals surface area contributed by atoms with E-state index in [0.717, 1.165) is 48.2 Å². The second-order valence-electron chi connectivity index (χ2n) is 8.18. The van der Waals surface area contributed by atoms with Crippen LogP contribution in [-0.2, 0) is 11.3 Å². The molecule has 12 heteroatoms. The first kappa shape index (κ1) is 23.6. The first-order chi connectivity index (χ1) is 15.8. The number of piperidine rings is 1. The van der Waals surface area contributed by atoms with E-state index in [2.05, 4.69) is 36.0 Å². The summed E-state index contributed by atoms with van der Waals surface area (Å²) in [7, 11) is 0. The van der Waals surface area contributed by atoms with E-state index in [0.29, 0.717) is 29.3 Å². The van der Waals surface area contributed by atoms with Gasteiger partial charge >= 0.3 is 0 Å². The van der Waals surface area contributed by atoms with E-state index < -0.39 is 11.3 Å². The maximum Gasteiger partial charge on any atom is 0.228 e. The average molecular weight is 490 g/mol. The second kappa shape index (κ2) is 10.1. The summed E-state index contributed by atoms with van der Waals surface area (Å²) in [4.78, 5) is 19.8. The molecule has 0 aliphatic carbocycles. The highest BCUT2D eigenvalue weighted by atomic mass is 35.5. The van der Waals surface area contributed by atoms with Gasteiger partial charge in [0.2, 0.25) is 11.9 Å². The van der Waals surface area contributed by atoms with Crippen LogP contribution in [0, 0.1) is 12.8 Å². The predicted octanol–water partition coefficient (Wildman–Crippen LogP) is 2.74. The molecule has 1 saturated heterocycles. The third-order valence-corrected chi connectivity index (χ3v) is 6.40. The number of nitrogen functional groups attached to an aromatic ring is 1. The van der Waals surface area contributed by atoms with Crippen molar-refractivity contribution >= 4 is 51.5 Å². The highest BCUT2D eigenvalue weighted by Gasteiger charge is 2.24. The zero-order valence-electron chi connectivity index (χ0n) is 18.4. The Hall–Kier alpha value is -2.60. The molecule has 0 spiro atoms. The molecule has 33 heavy (non-hydrogen) atoms. The molecule has 0 amide bonds. The van der Waals surface area contributed by atoms with Gasteiger partial charge in [0.15, 0.2) is 0 Å². The molecule has 2 aromatic heterocycles. The lowest BCUT2D eigenvalue weighted by atomic mass is 9.96. The molecule has 176 valence electrons. The van der Waals surface area contributed by atoms with Gasteiger partial charge in [0, 0.05) is 46.9 Å². The highest BCUT2D eigenvalue weighted by Crippen LogP contribution is 2.33. The summed E-state index contributed by atoms with van der Waals surface area (Å²) in [5.74, 6) is 2.28. The van der Waals surface area contributed by atoms with E-state index in [1.807, 2.05) is 25.1 Å². The minimum Gasteiger partial charge on any atom is -0.760 e. The lowest BCUT2D eigenvalue weighted by Crippen LogP contribution is -2.38. The quantitative estimate of drug-likeness (QED) is 0.426. The van der Waals surface area contributed by atoms with Crippen LogP contribution in [0.25, 0.3) is 10.9 Å². The van der Waals surface area contributed by atoms with Crippen molar-refractivity contribution < 1.29 is 8.76 Å². The van der Waals surface area contributed by atoms with Crippen molar-refractivity contribution in [2.24, 2.45) is 5.92 Å². The Balaban J connectivity index is 1.63. The van der Waals surface area contributed by atoms with E-state index >= 15 is 0 Å². The van der Waals surface area contributed by atoms with Crippen molar-refractivity contribution in [2.75, 3.05) is 35.6 Å². The lowest BCUT2D eigenvalue weighted by Gasteiger charge is -2.35. The SMILES string of the molecule is Cc1nc(N)nc(NC(C)c2cc3cc(Cl)ccc3nc2N2CCC(CNS(=O)[O-])CC2)n1. The number of pyridine rings is 1. The molecule has 1 aliphatic rings. The molecule has 0 radical (unpaired) electrons. The third kappa shape index (κ3) is 5.85. The van der Waals surface area contributed by atoms with Crippen LogP contribution in [0.2, 0.25) is 5.02 Å². The summed E-state index contributed by atoms with van der Waals surface area (Å²) in [5.41, 5.74) is 7.63. The smallest absolute Gasteiger partial charge is 0.228 e. The Morgan fingerprint density at radius 2 is 2.00 bits per heavy atom. The monoisotopic (exact) mass is 489 g/mol. The second-order valence-corrected chi connectivity index (χ2v) is 9.38. The summed E-state index contributed by atoms with van der Waals surface area (Å²) in [6, 6.07) is 7.57. The van der Waals surface area contributed by atoms with Crippen LogP contribution < -0.4 is 20.7 Å². The summed E-state index contributed by atoms with van der Waals surface area (Å²) < 4.78 is 24.1. The molecule has 1 fully saturated rings. The van der Waals surface area contributed by atoms with Crippen LogP contribution >= 0.6 is 11.6 Å². The van der Waals surface area contributed by atoms with Gasteiger partial charge in [-0.25, -0.2) is 9.71 Å². The normalized spacial score (nSPS) is 16.7. The van der Waals surface area contributed by atoms with Gasteiger partial charge in [0.25, 0.3) is 0 Å². The molecule has 0 bridgehead atoms. The predicted molar refractivity (Wildman–Crippen MR) is 130 cm³/mol. The molecule has 1 aromatic carbocycles. The Morgan fingerprint density at radius 1 is 1.24 bits per heavy atom. The number of nitrogens with two attached hydrogens (primary N) is 1. The van der Waals surface area contributed by atoms with Gasteiger partial charge in [0.05, 0.1) is 11.6 Å².